The monoisotopic (exact) mass is 356 g/mol. The highest BCUT2D eigenvalue weighted by atomic mass is 35.5. The van der Waals surface area contributed by atoms with Crippen LogP contribution in [0.25, 0.3) is 16.7 Å². The van der Waals surface area contributed by atoms with Gasteiger partial charge in [0.1, 0.15) is 0 Å². The van der Waals surface area contributed by atoms with Gasteiger partial charge in [-0.3, -0.25) is 14.7 Å². The number of anilines is 1. The largest absolute Gasteiger partial charge is 0.328 e. The zero-order chi connectivity index (χ0) is 16.5. The Labute approximate surface area is 152 Å². The van der Waals surface area contributed by atoms with E-state index in [-0.39, 0.29) is 30.3 Å². The van der Waals surface area contributed by atoms with Crippen LogP contribution in [0.15, 0.2) is 54.6 Å². The van der Waals surface area contributed by atoms with Crippen LogP contribution in [0.1, 0.15) is 19.3 Å². The highest BCUT2D eigenvalue weighted by molar-refractivity contribution is 5.94. The van der Waals surface area contributed by atoms with E-state index < -0.39 is 0 Å². The van der Waals surface area contributed by atoms with E-state index in [9.17, 15) is 4.79 Å². The minimum Gasteiger partial charge on any atom is -0.328 e. The van der Waals surface area contributed by atoms with E-state index in [1.165, 1.54) is 0 Å². The summed E-state index contributed by atoms with van der Waals surface area (Å²) >= 11 is 0. The molecule has 0 radical (unpaired) electrons. The van der Waals surface area contributed by atoms with Gasteiger partial charge in [-0.15, -0.1) is 12.4 Å². The normalized spacial score (nSPS) is 19.6. The van der Waals surface area contributed by atoms with Gasteiger partial charge in [0.25, 0.3) is 0 Å². The van der Waals surface area contributed by atoms with Gasteiger partial charge in [-0.2, -0.15) is 0 Å². The van der Waals surface area contributed by atoms with Crippen molar-refractivity contribution in [2.45, 2.75) is 25.3 Å². The summed E-state index contributed by atoms with van der Waals surface area (Å²) in [6.07, 6.45) is 2.50. The molecule has 1 saturated carbocycles. The molecule has 2 aromatic carbocycles. The molecule has 2 atom stereocenters. The number of fused-ring (bicyclic) bond motifs is 1. The summed E-state index contributed by atoms with van der Waals surface area (Å²) in [5, 5.41) is 3.02. The third-order valence-corrected chi connectivity index (χ3v) is 4.65. The summed E-state index contributed by atoms with van der Waals surface area (Å²) in [6.45, 7) is 0. The Morgan fingerprint density at radius 1 is 1.08 bits per heavy atom. The second-order valence-corrected chi connectivity index (χ2v) is 6.35. The highest BCUT2D eigenvalue weighted by Crippen LogP contribution is 2.28. The summed E-state index contributed by atoms with van der Waals surface area (Å²) < 4.78 is 1.99. The van der Waals surface area contributed by atoms with Crippen LogP contribution < -0.4 is 11.1 Å². The number of para-hydroxylation sites is 3. The molecule has 2 unspecified atom stereocenters. The lowest BCUT2D eigenvalue weighted by Gasteiger charge is -2.13. The van der Waals surface area contributed by atoms with Gasteiger partial charge in [0.2, 0.25) is 11.9 Å². The Balaban J connectivity index is 0.00000182. The lowest BCUT2D eigenvalue weighted by molar-refractivity contribution is -0.119. The van der Waals surface area contributed by atoms with Crippen molar-refractivity contribution in [3.05, 3.63) is 54.6 Å². The number of rotatable bonds is 3. The molecule has 1 amide bonds. The van der Waals surface area contributed by atoms with Crippen molar-refractivity contribution < 1.29 is 4.79 Å². The SMILES string of the molecule is Cl.NC1CCC(C(=O)Nc2nc3ccccc3n2-c2ccccc2)C1. The van der Waals surface area contributed by atoms with Gasteiger partial charge in [-0.1, -0.05) is 30.3 Å². The zero-order valence-corrected chi connectivity index (χ0v) is 14.6. The molecule has 0 spiro atoms. The summed E-state index contributed by atoms with van der Waals surface area (Å²) in [7, 11) is 0. The first-order valence-corrected chi connectivity index (χ1v) is 8.32. The van der Waals surface area contributed by atoms with Crippen LogP contribution in [0.2, 0.25) is 0 Å². The molecule has 1 aromatic heterocycles. The molecular formula is C19H21ClN4O. The Hall–Kier alpha value is -2.37. The van der Waals surface area contributed by atoms with E-state index in [0.717, 1.165) is 36.0 Å². The van der Waals surface area contributed by atoms with Crippen LogP contribution in [0.5, 0.6) is 0 Å². The van der Waals surface area contributed by atoms with Crippen LogP contribution in [0, 0.1) is 5.92 Å². The first-order valence-electron chi connectivity index (χ1n) is 8.32. The summed E-state index contributed by atoms with van der Waals surface area (Å²) in [5.74, 6) is 0.548. The molecule has 25 heavy (non-hydrogen) atoms. The zero-order valence-electron chi connectivity index (χ0n) is 13.8. The Bertz CT molecular complexity index is 878. The van der Waals surface area contributed by atoms with Gasteiger partial charge in [-0.25, -0.2) is 4.98 Å². The van der Waals surface area contributed by atoms with Gasteiger partial charge >= 0.3 is 0 Å². The van der Waals surface area contributed by atoms with E-state index in [0.29, 0.717) is 5.95 Å². The summed E-state index contributed by atoms with van der Waals surface area (Å²) in [5.41, 5.74) is 8.75. The number of nitrogens with two attached hydrogens (primary N) is 1. The molecule has 1 aliphatic carbocycles. The van der Waals surface area contributed by atoms with Gasteiger partial charge < -0.3 is 5.73 Å². The number of carbonyl (C=O) groups excluding carboxylic acids is 1. The topological polar surface area (TPSA) is 72.9 Å². The van der Waals surface area contributed by atoms with Crippen molar-refractivity contribution in [2.75, 3.05) is 5.32 Å². The first kappa shape index (κ1) is 17.5. The molecule has 1 heterocycles. The predicted octanol–water partition coefficient (Wildman–Crippen LogP) is 3.51. The fraction of sp³-hybridized carbons (Fsp3) is 0.263. The Morgan fingerprint density at radius 3 is 2.52 bits per heavy atom. The third-order valence-electron chi connectivity index (χ3n) is 4.65. The molecule has 0 aliphatic heterocycles. The molecular weight excluding hydrogens is 336 g/mol. The fourth-order valence-electron chi connectivity index (χ4n) is 3.42. The van der Waals surface area contributed by atoms with Crippen LogP contribution >= 0.6 is 12.4 Å². The van der Waals surface area contributed by atoms with E-state index in [4.69, 9.17) is 5.73 Å². The van der Waals surface area contributed by atoms with E-state index in [1.807, 2.05) is 59.2 Å². The number of nitrogens with one attached hydrogen (secondary N) is 1. The number of nitrogens with zero attached hydrogens (tertiary/aromatic N) is 2. The van der Waals surface area contributed by atoms with Gasteiger partial charge in [0.15, 0.2) is 0 Å². The minimum absolute atomic E-state index is 0. The molecule has 0 bridgehead atoms. The molecule has 5 nitrogen and oxygen atoms in total. The Kier molecular flexibility index (Phi) is 5.06. The van der Waals surface area contributed by atoms with Crippen molar-refractivity contribution in [3.63, 3.8) is 0 Å². The second kappa shape index (κ2) is 7.25. The van der Waals surface area contributed by atoms with Crippen molar-refractivity contribution in [1.29, 1.82) is 0 Å². The number of amides is 1. The van der Waals surface area contributed by atoms with Crippen molar-refractivity contribution in [2.24, 2.45) is 11.7 Å². The van der Waals surface area contributed by atoms with Crippen LogP contribution in [-0.4, -0.2) is 21.5 Å². The number of hydrogen-bond acceptors (Lipinski definition) is 3. The Morgan fingerprint density at radius 2 is 1.80 bits per heavy atom. The molecule has 6 heteroatoms. The average Bonchev–Trinajstić information content (AvgIpc) is 3.19. The third kappa shape index (κ3) is 3.38. The quantitative estimate of drug-likeness (QED) is 0.754. The molecule has 1 aliphatic rings. The first-order chi connectivity index (χ1) is 11.7. The van der Waals surface area contributed by atoms with Gasteiger partial charge in [0.05, 0.1) is 11.0 Å². The fourth-order valence-corrected chi connectivity index (χ4v) is 3.42. The maximum atomic E-state index is 12.6. The number of halogens is 1. The van der Waals surface area contributed by atoms with Crippen LogP contribution in [-0.2, 0) is 4.79 Å². The summed E-state index contributed by atoms with van der Waals surface area (Å²) in [4.78, 5) is 17.2. The number of hydrogen-bond donors (Lipinski definition) is 2. The number of imidazole rings is 1. The van der Waals surface area contributed by atoms with E-state index >= 15 is 0 Å². The van der Waals surface area contributed by atoms with E-state index in [1.54, 1.807) is 0 Å². The minimum atomic E-state index is -0.0240. The number of carbonyl (C=O) groups is 1. The molecule has 3 N–H and O–H groups in total. The lowest BCUT2D eigenvalue weighted by Crippen LogP contribution is -2.24. The van der Waals surface area contributed by atoms with Gasteiger partial charge in [0, 0.05) is 17.6 Å². The van der Waals surface area contributed by atoms with E-state index in [2.05, 4.69) is 10.3 Å². The van der Waals surface area contributed by atoms with Crippen molar-refractivity contribution in [3.8, 4) is 5.69 Å². The molecule has 4 rings (SSSR count). The molecule has 130 valence electrons. The van der Waals surface area contributed by atoms with Crippen LogP contribution in [0.4, 0.5) is 5.95 Å². The maximum Gasteiger partial charge on any atom is 0.229 e. The maximum absolute atomic E-state index is 12.6. The van der Waals surface area contributed by atoms with Crippen molar-refractivity contribution in [1.82, 2.24) is 9.55 Å². The highest BCUT2D eigenvalue weighted by Gasteiger charge is 2.28. The van der Waals surface area contributed by atoms with Crippen LogP contribution in [0.3, 0.4) is 0 Å². The second-order valence-electron chi connectivity index (χ2n) is 6.35. The average molecular weight is 357 g/mol. The number of aromatic nitrogens is 2. The summed E-state index contributed by atoms with van der Waals surface area (Å²) in [6, 6.07) is 18.0. The molecule has 3 aromatic rings. The number of benzene rings is 2. The molecule has 0 saturated heterocycles. The predicted molar refractivity (Wildman–Crippen MR) is 102 cm³/mol. The molecule has 1 fully saturated rings. The smallest absolute Gasteiger partial charge is 0.229 e. The lowest BCUT2D eigenvalue weighted by atomic mass is 10.1. The van der Waals surface area contributed by atoms with Gasteiger partial charge in [-0.05, 0) is 43.5 Å². The standard InChI is InChI=1S/C19H20N4O.ClH/c20-14-11-10-13(12-14)18(24)22-19-21-16-8-4-5-9-17(16)23(19)15-6-2-1-3-7-15;/h1-9,13-14H,10-12,20H2,(H,21,22,24);1H. The van der Waals surface area contributed by atoms with Crippen molar-refractivity contribution >= 4 is 35.3 Å².